The largest absolute Gasteiger partial charge is 0.303 e. The van der Waals surface area contributed by atoms with Gasteiger partial charge in [0.2, 0.25) is 0 Å². The fourth-order valence-corrected chi connectivity index (χ4v) is 2.23. The molecule has 2 rings (SSSR count). The zero-order valence-corrected chi connectivity index (χ0v) is 11.1. The van der Waals surface area contributed by atoms with Crippen molar-refractivity contribution in [1.82, 2.24) is 9.80 Å². The van der Waals surface area contributed by atoms with Crippen LogP contribution in [0, 0.1) is 12.7 Å². The maximum absolute atomic E-state index is 13.5. The number of rotatable bonds is 2. The minimum absolute atomic E-state index is 0.00273. The number of Topliss-reactive ketones (excluding diaryl/α,β-unsaturated/α-hetero) is 1. The van der Waals surface area contributed by atoms with E-state index in [9.17, 15) is 9.18 Å². The van der Waals surface area contributed by atoms with Crippen LogP contribution in [-0.4, -0.2) is 55.4 Å². The van der Waals surface area contributed by atoms with Crippen LogP contribution in [0.3, 0.4) is 0 Å². The molecule has 98 valence electrons. The molecule has 1 aromatic rings. The molecule has 0 amide bonds. The van der Waals surface area contributed by atoms with Crippen molar-refractivity contribution < 1.29 is 9.18 Å². The third-order valence-corrected chi connectivity index (χ3v) is 3.61. The Kier molecular flexibility index (Phi) is 3.78. The summed E-state index contributed by atoms with van der Waals surface area (Å²) in [7, 11) is 3.95. The minimum Gasteiger partial charge on any atom is -0.303 e. The van der Waals surface area contributed by atoms with Crippen molar-refractivity contribution in [2.24, 2.45) is 0 Å². The number of ketones is 1. The number of piperazine rings is 1. The minimum atomic E-state index is -0.312. The van der Waals surface area contributed by atoms with Gasteiger partial charge in [0.1, 0.15) is 5.82 Å². The summed E-state index contributed by atoms with van der Waals surface area (Å²) in [5.41, 5.74) is 1.03. The van der Waals surface area contributed by atoms with Gasteiger partial charge in [0.15, 0.2) is 5.78 Å². The van der Waals surface area contributed by atoms with Gasteiger partial charge in [0.05, 0.1) is 6.04 Å². The summed E-state index contributed by atoms with van der Waals surface area (Å²) in [4.78, 5) is 16.6. The van der Waals surface area contributed by atoms with Gasteiger partial charge in [-0.05, 0) is 32.6 Å². The number of hydrogen-bond acceptors (Lipinski definition) is 3. The third-order valence-electron chi connectivity index (χ3n) is 3.61. The molecule has 18 heavy (non-hydrogen) atoms. The third kappa shape index (κ3) is 2.60. The summed E-state index contributed by atoms with van der Waals surface area (Å²) in [5, 5.41) is 0. The van der Waals surface area contributed by atoms with Gasteiger partial charge in [-0.2, -0.15) is 0 Å². The van der Waals surface area contributed by atoms with Crippen LogP contribution in [0.4, 0.5) is 4.39 Å². The molecule has 1 saturated heterocycles. The predicted octanol–water partition coefficient (Wildman–Crippen LogP) is 1.56. The van der Waals surface area contributed by atoms with Gasteiger partial charge in [-0.15, -0.1) is 0 Å². The smallest absolute Gasteiger partial charge is 0.181 e. The molecule has 0 bridgehead atoms. The monoisotopic (exact) mass is 250 g/mol. The quantitative estimate of drug-likeness (QED) is 0.744. The molecule has 0 saturated carbocycles. The van der Waals surface area contributed by atoms with Crippen molar-refractivity contribution in [2.45, 2.75) is 13.0 Å². The summed E-state index contributed by atoms with van der Waals surface area (Å²) in [5.74, 6) is -0.310. The molecule has 4 heteroatoms. The molecule has 0 spiro atoms. The molecule has 0 N–H and O–H groups in total. The lowest BCUT2D eigenvalue weighted by Crippen LogP contribution is -2.53. The van der Waals surface area contributed by atoms with Crippen LogP contribution in [0.15, 0.2) is 18.2 Å². The molecule has 1 atom stereocenters. The van der Waals surface area contributed by atoms with Gasteiger partial charge in [-0.3, -0.25) is 9.69 Å². The molecule has 0 radical (unpaired) electrons. The zero-order valence-electron chi connectivity index (χ0n) is 11.1. The van der Waals surface area contributed by atoms with Crippen molar-refractivity contribution in [3.05, 3.63) is 35.1 Å². The molecule has 1 heterocycles. The van der Waals surface area contributed by atoms with Crippen LogP contribution >= 0.6 is 0 Å². The number of benzene rings is 1. The van der Waals surface area contributed by atoms with Crippen molar-refractivity contribution in [3.8, 4) is 0 Å². The number of likely N-dealkylation sites (N-methyl/N-ethyl adjacent to an activating group) is 2. The fraction of sp³-hybridized carbons (Fsp3) is 0.500. The van der Waals surface area contributed by atoms with Crippen LogP contribution in [0.5, 0.6) is 0 Å². The zero-order chi connectivity index (χ0) is 13.3. The van der Waals surface area contributed by atoms with Gasteiger partial charge in [0.25, 0.3) is 0 Å². The highest BCUT2D eigenvalue weighted by Crippen LogP contribution is 2.15. The predicted molar refractivity (Wildman–Crippen MR) is 69.4 cm³/mol. The highest BCUT2D eigenvalue weighted by atomic mass is 19.1. The standard InChI is InChI=1S/C14H19FN2O/c1-10-4-5-11(8-12(10)15)14(18)13-9-16(2)6-7-17(13)3/h4-5,8,13H,6-7,9H2,1-3H3. The molecule has 1 aliphatic rings. The summed E-state index contributed by atoms with van der Waals surface area (Å²) in [6.45, 7) is 4.22. The fourth-order valence-electron chi connectivity index (χ4n) is 2.23. The van der Waals surface area contributed by atoms with Crippen molar-refractivity contribution in [2.75, 3.05) is 33.7 Å². The number of nitrogens with zero attached hydrogens (tertiary/aromatic N) is 2. The van der Waals surface area contributed by atoms with Crippen molar-refractivity contribution >= 4 is 5.78 Å². The second kappa shape index (κ2) is 5.16. The van der Waals surface area contributed by atoms with E-state index in [2.05, 4.69) is 4.90 Å². The Morgan fingerprint density at radius 1 is 1.33 bits per heavy atom. The number of halogens is 1. The van der Waals surface area contributed by atoms with Gasteiger partial charge in [-0.1, -0.05) is 12.1 Å². The van der Waals surface area contributed by atoms with Crippen molar-refractivity contribution in [3.63, 3.8) is 0 Å². The van der Waals surface area contributed by atoms with Crippen LogP contribution in [0.1, 0.15) is 15.9 Å². The second-order valence-corrected chi connectivity index (χ2v) is 5.09. The van der Waals surface area contributed by atoms with Gasteiger partial charge < -0.3 is 4.90 Å². The molecular weight excluding hydrogens is 231 g/mol. The normalized spacial score (nSPS) is 22.1. The van der Waals surface area contributed by atoms with Crippen LogP contribution in [-0.2, 0) is 0 Å². The lowest BCUT2D eigenvalue weighted by Gasteiger charge is -2.36. The highest BCUT2D eigenvalue weighted by molar-refractivity contribution is 6.00. The average Bonchev–Trinajstić information content (AvgIpc) is 2.35. The summed E-state index contributed by atoms with van der Waals surface area (Å²) in [6.07, 6.45) is 0. The summed E-state index contributed by atoms with van der Waals surface area (Å²) in [6, 6.07) is 4.55. The Morgan fingerprint density at radius 2 is 2.06 bits per heavy atom. The van der Waals surface area contributed by atoms with Crippen LogP contribution in [0.2, 0.25) is 0 Å². The van der Waals surface area contributed by atoms with E-state index in [1.807, 2.05) is 19.0 Å². The maximum Gasteiger partial charge on any atom is 0.181 e. The molecule has 1 aliphatic heterocycles. The lowest BCUT2D eigenvalue weighted by molar-refractivity contribution is 0.0686. The van der Waals surface area contributed by atoms with E-state index < -0.39 is 0 Å². The average molecular weight is 250 g/mol. The Hall–Kier alpha value is -1.26. The first kappa shape index (κ1) is 13.2. The molecule has 1 unspecified atom stereocenters. The molecule has 3 nitrogen and oxygen atoms in total. The molecule has 1 aromatic carbocycles. The van der Waals surface area contributed by atoms with Crippen LogP contribution < -0.4 is 0 Å². The van der Waals surface area contributed by atoms with E-state index >= 15 is 0 Å². The summed E-state index contributed by atoms with van der Waals surface area (Å²) >= 11 is 0. The van der Waals surface area contributed by atoms with Gasteiger partial charge in [-0.25, -0.2) is 4.39 Å². The molecular formula is C14H19FN2O. The summed E-state index contributed by atoms with van der Waals surface area (Å²) < 4.78 is 13.5. The van der Waals surface area contributed by atoms with E-state index in [4.69, 9.17) is 0 Å². The number of hydrogen-bond donors (Lipinski definition) is 0. The van der Waals surface area contributed by atoms with E-state index in [0.717, 1.165) is 13.1 Å². The Labute approximate surface area is 107 Å². The first-order valence-electron chi connectivity index (χ1n) is 6.18. The van der Waals surface area contributed by atoms with E-state index in [1.165, 1.54) is 6.07 Å². The molecule has 1 fully saturated rings. The highest BCUT2D eigenvalue weighted by Gasteiger charge is 2.29. The first-order valence-corrected chi connectivity index (χ1v) is 6.18. The van der Waals surface area contributed by atoms with Crippen molar-refractivity contribution in [1.29, 1.82) is 0 Å². The number of aryl methyl sites for hydroxylation is 1. The van der Waals surface area contributed by atoms with Crippen LogP contribution in [0.25, 0.3) is 0 Å². The van der Waals surface area contributed by atoms with E-state index in [-0.39, 0.29) is 17.6 Å². The Balaban J connectivity index is 2.21. The SMILES string of the molecule is Cc1ccc(C(=O)C2CN(C)CCN2C)cc1F. The Morgan fingerprint density at radius 3 is 2.72 bits per heavy atom. The van der Waals surface area contributed by atoms with Gasteiger partial charge in [0, 0.05) is 25.2 Å². The second-order valence-electron chi connectivity index (χ2n) is 5.09. The topological polar surface area (TPSA) is 23.6 Å². The number of carbonyl (C=O) groups is 1. The molecule has 0 aliphatic carbocycles. The Bertz CT molecular complexity index is 461. The molecule has 0 aromatic heterocycles. The maximum atomic E-state index is 13.5. The lowest BCUT2D eigenvalue weighted by atomic mass is 10.00. The first-order chi connectivity index (χ1) is 8.49. The van der Waals surface area contributed by atoms with E-state index in [1.54, 1.807) is 19.1 Å². The van der Waals surface area contributed by atoms with Gasteiger partial charge >= 0.3 is 0 Å². The number of carbonyl (C=O) groups excluding carboxylic acids is 1. The van der Waals surface area contributed by atoms with E-state index in [0.29, 0.717) is 17.7 Å².